The van der Waals surface area contributed by atoms with Crippen molar-refractivity contribution in [3.05, 3.63) is 171 Å². The van der Waals surface area contributed by atoms with Gasteiger partial charge >= 0.3 is 0 Å². The van der Waals surface area contributed by atoms with Crippen LogP contribution in [0.4, 0.5) is 0 Å². The monoisotopic (exact) mass is 659 g/mol. The van der Waals surface area contributed by atoms with Gasteiger partial charge in [-0.05, 0) is 41.5 Å². The van der Waals surface area contributed by atoms with Crippen molar-refractivity contribution in [2.75, 3.05) is 0 Å². The number of thiophene rings is 1. The van der Waals surface area contributed by atoms with E-state index in [-0.39, 0.29) is 0 Å². The number of allylic oxidation sites excluding steroid dienone is 4. The summed E-state index contributed by atoms with van der Waals surface area (Å²) in [7, 11) is 0. The number of hydrogen-bond acceptors (Lipinski definition) is 5. The van der Waals surface area contributed by atoms with E-state index >= 15 is 0 Å². The Morgan fingerprint density at radius 1 is 0.620 bits per heavy atom. The predicted molar refractivity (Wildman–Crippen MR) is 210 cm³/mol. The van der Waals surface area contributed by atoms with Gasteiger partial charge in [0.1, 0.15) is 0 Å². The molecule has 0 unspecified atom stereocenters. The second kappa shape index (κ2) is 12.2. The Bertz CT molecular complexity index is 2790. The first-order valence-electron chi connectivity index (χ1n) is 16.4. The van der Waals surface area contributed by atoms with Gasteiger partial charge in [-0.25, -0.2) is 15.0 Å². The number of fused-ring (bicyclic) bond motifs is 7. The SMILES string of the molecule is C=C/C=C(\C=C)c1nc(-c2ccccc2)nc(-c2cc(-c3ccccc3)cc(-n3c4ccccc4c4ncc5c6ccccc6sc5c43)c2)n1. The molecule has 236 valence electrons. The molecule has 0 amide bonds. The standard InChI is InChI=1S/C44H29N5S/c1-3-15-28(4-2)42-46-43(30-18-9-6-10-19-30)48-44(47-42)32-24-31(29-16-7-5-8-17-29)25-33(26-32)49-37-22-13-11-21-35(37)39-40(49)41-36(27-45-39)34-20-12-14-23-38(34)50-41/h3-27H,1-2H2/b28-15+. The summed E-state index contributed by atoms with van der Waals surface area (Å²) in [5, 5.41) is 3.48. The van der Waals surface area contributed by atoms with Gasteiger partial charge in [-0.1, -0.05) is 128 Å². The zero-order valence-corrected chi connectivity index (χ0v) is 27.8. The van der Waals surface area contributed by atoms with E-state index in [1.54, 1.807) is 12.2 Å². The minimum absolute atomic E-state index is 0.531. The van der Waals surface area contributed by atoms with Gasteiger partial charge in [0.05, 0.1) is 21.3 Å². The highest BCUT2D eigenvalue weighted by Crippen LogP contribution is 2.42. The van der Waals surface area contributed by atoms with Gasteiger partial charge in [0, 0.05) is 49.4 Å². The number of nitrogens with zero attached hydrogens (tertiary/aromatic N) is 5. The number of rotatable bonds is 7. The molecule has 0 saturated heterocycles. The first-order chi connectivity index (χ1) is 24.7. The van der Waals surface area contributed by atoms with Gasteiger partial charge < -0.3 is 4.57 Å². The van der Waals surface area contributed by atoms with Crippen LogP contribution in [0.15, 0.2) is 165 Å². The smallest absolute Gasteiger partial charge is 0.164 e. The van der Waals surface area contributed by atoms with Crippen LogP contribution < -0.4 is 0 Å². The highest BCUT2D eigenvalue weighted by molar-refractivity contribution is 7.26. The van der Waals surface area contributed by atoms with Gasteiger partial charge in [-0.2, -0.15) is 0 Å². The Morgan fingerprint density at radius 2 is 1.28 bits per heavy atom. The first kappa shape index (κ1) is 29.6. The zero-order valence-electron chi connectivity index (χ0n) is 27.0. The van der Waals surface area contributed by atoms with Crippen molar-refractivity contribution in [1.29, 1.82) is 0 Å². The van der Waals surface area contributed by atoms with Gasteiger partial charge in [0.15, 0.2) is 17.5 Å². The van der Waals surface area contributed by atoms with Crippen molar-refractivity contribution in [3.8, 4) is 39.6 Å². The third-order valence-corrected chi connectivity index (χ3v) is 10.2. The number of pyridine rings is 1. The van der Waals surface area contributed by atoms with E-state index < -0.39 is 0 Å². The minimum atomic E-state index is 0.531. The average molecular weight is 660 g/mol. The maximum atomic E-state index is 5.10. The molecule has 0 saturated carbocycles. The first-order valence-corrected chi connectivity index (χ1v) is 17.2. The van der Waals surface area contributed by atoms with Crippen molar-refractivity contribution in [2.45, 2.75) is 0 Å². The molecule has 0 atom stereocenters. The lowest BCUT2D eigenvalue weighted by molar-refractivity contribution is 1.04. The van der Waals surface area contributed by atoms with Crippen LogP contribution in [0.1, 0.15) is 5.82 Å². The number of benzene rings is 5. The lowest BCUT2D eigenvalue weighted by Crippen LogP contribution is -2.03. The predicted octanol–water partition coefficient (Wildman–Crippen LogP) is 11.5. The molecular weight excluding hydrogens is 631 g/mol. The van der Waals surface area contributed by atoms with Gasteiger partial charge in [-0.15, -0.1) is 11.3 Å². The fourth-order valence-corrected chi connectivity index (χ4v) is 7.92. The van der Waals surface area contributed by atoms with E-state index in [9.17, 15) is 0 Å². The lowest BCUT2D eigenvalue weighted by atomic mass is 10.0. The summed E-state index contributed by atoms with van der Waals surface area (Å²) >= 11 is 1.81. The van der Waals surface area contributed by atoms with Crippen molar-refractivity contribution in [3.63, 3.8) is 0 Å². The quantitative estimate of drug-likeness (QED) is 0.160. The van der Waals surface area contributed by atoms with Crippen LogP contribution in [0.25, 0.3) is 87.3 Å². The lowest BCUT2D eigenvalue weighted by Gasteiger charge is -2.14. The minimum Gasteiger partial charge on any atom is -0.306 e. The summed E-state index contributed by atoms with van der Waals surface area (Å²) in [6.45, 7) is 7.94. The van der Waals surface area contributed by atoms with Crippen molar-refractivity contribution in [1.82, 2.24) is 24.5 Å². The molecule has 0 aliphatic carbocycles. The van der Waals surface area contributed by atoms with Gasteiger partial charge in [0.25, 0.3) is 0 Å². The second-order valence-corrected chi connectivity index (χ2v) is 13.1. The third-order valence-electron chi connectivity index (χ3n) is 9.00. The molecule has 0 fully saturated rings. The Hall–Kier alpha value is -6.50. The van der Waals surface area contributed by atoms with E-state index in [4.69, 9.17) is 19.9 Å². The molecule has 0 radical (unpaired) electrons. The molecule has 4 heterocycles. The molecule has 5 aromatic carbocycles. The topological polar surface area (TPSA) is 56.5 Å². The molecule has 50 heavy (non-hydrogen) atoms. The maximum absolute atomic E-state index is 5.10. The summed E-state index contributed by atoms with van der Waals surface area (Å²) in [5.41, 5.74) is 8.82. The van der Waals surface area contributed by atoms with E-state index in [1.165, 1.54) is 14.8 Å². The molecule has 6 heteroatoms. The molecule has 0 spiro atoms. The normalized spacial score (nSPS) is 11.9. The highest BCUT2D eigenvalue weighted by atomic mass is 32.1. The maximum Gasteiger partial charge on any atom is 0.164 e. The largest absolute Gasteiger partial charge is 0.306 e. The van der Waals surface area contributed by atoms with Crippen LogP contribution in [0.5, 0.6) is 0 Å². The van der Waals surface area contributed by atoms with E-state index in [0.717, 1.165) is 60.8 Å². The molecule has 0 aliphatic rings. The molecule has 0 aliphatic heterocycles. The van der Waals surface area contributed by atoms with E-state index in [1.807, 2.05) is 60.0 Å². The third kappa shape index (κ3) is 4.93. The molecule has 9 rings (SSSR count). The summed E-state index contributed by atoms with van der Waals surface area (Å²) < 4.78 is 4.81. The van der Waals surface area contributed by atoms with Crippen LogP contribution in [0.3, 0.4) is 0 Å². The Labute approximate surface area is 292 Å². The Balaban J connectivity index is 1.38. The molecular formula is C44H29N5S. The second-order valence-electron chi connectivity index (χ2n) is 12.0. The van der Waals surface area contributed by atoms with Crippen LogP contribution in [0, 0.1) is 0 Å². The zero-order chi connectivity index (χ0) is 33.6. The van der Waals surface area contributed by atoms with Gasteiger partial charge in [0.2, 0.25) is 0 Å². The Kier molecular flexibility index (Phi) is 7.22. The fourth-order valence-electron chi connectivity index (χ4n) is 6.71. The van der Waals surface area contributed by atoms with Crippen molar-refractivity contribution < 1.29 is 0 Å². The molecule has 0 N–H and O–H groups in total. The summed E-state index contributed by atoms with van der Waals surface area (Å²) in [6.07, 6.45) is 7.38. The highest BCUT2D eigenvalue weighted by Gasteiger charge is 2.21. The number of aromatic nitrogens is 5. The van der Waals surface area contributed by atoms with Crippen molar-refractivity contribution >= 4 is 59.0 Å². The summed E-state index contributed by atoms with van der Waals surface area (Å²) in [5.74, 6) is 1.68. The van der Waals surface area contributed by atoms with E-state index in [0.29, 0.717) is 17.5 Å². The Morgan fingerprint density at radius 3 is 2.04 bits per heavy atom. The van der Waals surface area contributed by atoms with Crippen LogP contribution in [-0.2, 0) is 0 Å². The van der Waals surface area contributed by atoms with Crippen molar-refractivity contribution in [2.24, 2.45) is 0 Å². The molecule has 9 aromatic rings. The molecule has 0 bridgehead atoms. The van der Waals surface area contributed by atoms with Crippen LogP contribution in [-0.4, -0.2) is 24.5 Å². The molecule has 5 nitrogen and oxygen atoms in total. The molecule has 4 aromatic heterocycles. The van der Waals surface area contributed by atoms with Crippen LogP contribution in [0.2, 0.25) is 0 Å². The summed E-state index contributed by atoms with van der Waals surface area (Å²) in [4.78, 5) is 20.1. The summed E-state index contributed by atoms with van der Waals surface area (Å²) in [6, 6.07) is 44.1. The van der Waals surface area contributed by atoms with E-state index in [2.05, 4.69) is 109 Å². The average Bonchev–Trinajstić information content (AvgIpc) is 3.73. The number of hydrogen-bond donors (Lipinski definition) is 0. The number of para-hydroxylation sites is 1. The fraction of sp³-hybridized carbons (Fsp3) is 0. The van der Waals surface area contributed by atoms with Gasteiger partial charge in [-0.3, -0.25) is 4.98 Å². The van der Waals surface area contributed by atoms with Crippen LogP contribution >= 0.6 is 11.3 Å².